The summed E-state index contributed by atoms with van der Waals surface area (Å²) in [6, 6.07) is 5.84. The first-order valence-electron chi connectivity index (χ1n) is 2.89. The van der Waals surface area contributed by atoms with E-state index in [4.69, 9.17) is 16.4 Å². The van der Waals surface area contributed by atoms with Gasteiger partial charge in [-0.3, -0.25) is 10.1 Å². The predicted octanol–water partition coefficient (Wildman–Crippen LogP) is 2.06. The van der Waals surface area contributed by atoms with Crippen LogP contribution in [0.1, 0.15) is 0 Å². The summed E-state index contributed by atoms with van der Waals surface area (Å²) in [7, 11) is 0. The van der Waals surface area contributed by atoms with Gasteiger partial charge in [-0.05, 0) is 6.07 Å². The summed E-state index contributed by atoms with van der Waals surface area (Å²) < 4.78 is 0. The minimum Gasteiger partial charge on any atom is -0.307 e. The quantitative estimate of drug-likeness (QED) is 0.500. The summed E-state index contributed by atoms with van der Waals surface area (Å²) in [4.78, 5) is 17.6. The number of nitrogens with zero attached hydrogens (tertiary/aromatic N) is 1. The molecule has 5 heteroatoms. The summed E-state index contributed by atoms with van der Waals surface area (Å²) in [5.41, 5.74) is 0.0208. The molecule has 12 heavy (non-hydrogen) atoms. The van der Waals surface area contributed by atoms with Crippen molar-refractivity contribution in [3.05, 3.63) is 39.4 Å². The van der Waals surface area contributed by atoms with E-state index in [1.807, 2.05) is 6.79 Å². The normalized spacial score (nSPS) is 8.08. The number of nitro benzene ring substituents is 1. The Hall–Kier alpha value is -1.42. The van der Waals surface area contributed by atoms with E-state index in [0.717, 1.165) is 0 Å². The third-order valence-corrected chi connectivity index (χ3v) is 1.25. The lowest BCUT2D eigenvalue weighted by Gasteiger charge is -1.89. The highest BCUT2D eigenvalue weighted by Crippen LogP contribution is 2.16. The van der Waals surface area contributed by atoms with Gasteiger partial charge in [0, 0.05) is 17.2 Å². The van der Waals surface area contributed by atoms with Crippen molar-refractivity contribution in [3.63, 3.8) is 0 Å². The molecule has 0 aliphatic heterocycles. The number of non-ortho nitro benzene ring substituents is 1. The minimum atomic E-state index is -0.480. The Balaban J connectivity index is 0.000000561. The number of carbonyl (C=O) groups excluding carboxylic acids is 1. The first kappa shape index (κ1) is 10.6. The lowest BCUT2D eigenvalue weighted by Crippen LogP contribution is -1.85. The molecule has 0 aromatic heterocycles. The fraction of sp³-hybridized carbons (Fsp3) is 0. The van der Waals surface area contributed by atoms with Crippen molar-refractivity contribution < 1.29 is 9.72 Å². The SMILES string of the molecule is C=O.O=[N+]([O-])c1cccc(Cl)c1. The van der Waals surface area contributed by atoms with Crippen LogP contribution in [0.25, 0.3) is 0 Å². The van der Waals surface area contributed by atoms with Gasteiger partial charge in [0.25, 0.3) is 5.69 Å². The van der Waals surface area contributed by atoms with Gasteiger partial charge >= 0.3 is 0 Å². The van der Waals surface area contributed by atoms with E-state index in [0.29, 0.717) is 5.02 Å². The van der Waals surface area contributed by atoms with Crippen LogP contribution in [0.5, 0.6) is 0 Å². The van der Waals surface area contributed by atoms with E-state index in [2.05, 4.69) is 0 Å². The van der Waals surface area contributed by atoms with Gasteiger partial charge in [-0.2, -0.15) is 0 Å². The third kappa shape index (κ3) is 3.12. The van der Waals surface area contributed by atoms with E-state index < -0.39 is 4.92 Å². The minimum absolute atomic E-state index is 0.0208. The molecule has 0 N–H and O–H groups in total. The Morgan fingerprint density at radius 3 is 2.33 bits per heavy atom. The van der Waals surface area contributed by atoms with Crippen LogP contribution < -0.4 is 0 Å². The Labute approximate surface area is 73.9 Å². The zero-order valence-electron chi connectivity index (χ0n) is 6.07. The van der Waals surface area contributed by atoms with Crippen molar-refractivity contribution in [2.45, 2.75) is 0 Å². The highest BCUT2D eigenvalue weighted by molar-refractivity contribution is 6.30. The molecule has 0 unspecified atom stereocenters. The maximum absolute atomic E-state index is 10.1. The van der Waals surface area contributed by atoms with Crippen molar-refractivity contribution in [1.82, 2.24) is 0 Å². The number of halogens is 1. The molecule has 4 nitrogen and oxygen atoms in total. The lowest BCUT2D eigenvalue weighted by atomic mass is 10.3. The molecular weight excluding hydrogens is 182 g/mol. The van der Waals surface area contributed by atoms with Gasteiger partial charge in [0.05, 0.1) is 4.92 Å². The Bertz CT molecular complexity index is 277. The van der Waals surface area contributed by atoms with E-state index >= 15 is 0 Å². The van der Waals surface area contributed by atoms with Gasteiger partial charge < -0.3 is 4.79 Å². The molecule has 0 saturated carbocycles. The molecule has 0 bridgehead atoms. The summed E-state index contributed by atoms with van der Waals surface area (Å²) >= 11 is 5.48. The van der Waals surface area contributed by atoms with Crippen molar-refractivity contribution >= 4 is 24.1 Å². The molecule has 0 atom stereocenters. The standard InChI is InChI=1S/C6H4ClNO2.CH2O/c7-5-2-1-3-6(4-5)8(9)10;1-2/h1-4H;1H2. The maximum Gasteiger partial charge on any atom is 0.270 e. The van der Waals surface area contributed by atoms with Crippen LogP contribution in [0.4, 0.5) is 5.69 Å². The number of nitro groups is 1. The molecule has 1 aromatic rings. The van der Waals surface area contributed by atoms with Gasteiger partial charge in [0.2, 0.25) is 0 Å². The van der Waals surface area contributed by atoms with Crippen molar-refractivity contribution in [2.24, 2.45) is 0 Å². The Morgan fingerprint density at radius 1 is 1.42 bits per heavy atom. The van der Waals surface area contributed by atoms with Crippen LogP contribution in [-0.2, 0) is 4.79 Å². The van der Waals surface area contributed by atoms with E-state index in [1.165, 1.54) is 12.1 Å². The summed E-state index contributed by atoms with van der Waals surface area (Å²) in [5.74, 6) is 0. The first-order valence-corrected chi connectivity index (χ1v) is 3.27. The molecule has 0 saturated heterocycles. The average molecular weight is 188 g/mol. The topological polar surface area (TPSA) is 60.2 Å². The zero-order valence-corrected chi connectivity index (χ0v) is 6.82. The van der Waals surface area contributed by atoms with Gasteiger partial charge in [-0.15, -0.1) is 0 Å². The van der Waals surface area contributed by atoms with Crippen LogP contribution in [0, 0.1) is 10.1 Å². The fourth-order valence-corrected chi connectivity index (χ4v) is 0.774. The molecular formula is C7H6ClNO3. The maximum atomic E-state index is 10.1. The summed E-state index contributed by atoms with van der Waals surface area (Å²) in [5, 5.41) is 10.5. The Morgan fingerprint density at radius 2 is 2.00 bits per heavy atom. The van der Waals surface area contributed by atoms with Gasteiger partial charge in [0.1, 0.15) is 6.79 Å². The number of hydrogen-bond acceptors (Lipinski definition) is 3. The number of rotatable bonds is 1. The van der Waals surface area contributed by atoms with Crippen LogP contribution >= 0.6 is 11.6 Å². The lowest BCUT2D eigenvalue weighted by molar-refractivity contribution is -0.384. The van der Waals surface area contributed by atoms with Crippen LogP contribution in [-0.4, -0.2) is 11.7 Å². The van der Waals surface area contributed by atoms with Gasteiger partial charge in [-0.25, -0.2) is 0 Å². The predicted molar refractivity (Wildman–Crippen MR) is 45.2 cm³/mol. The number of benzene rings is 1. The summed E-state index contributed by atoms with van der Waals surface area (Å²) in [6.07, 6.45) is 0. The number of carbonyl (C=O) groups is 1. The highest BCUT2D eigenvalue weighted by atomic mass is 35.5. The molecule has 64 valence electrons. The van der Waals surface area contributed by atoms with Crippen LogP contribution in [0.2, 0.25) is 5.02 Å². The van der Waals surface area contributed by atoms with Crippen molar-refractivity contribution in [2.75, 3.05) is 0 Å². The fourth-order valence-electron chi connectivity index (χ4n) is 0.590. The highest BCUT2D eigenvalue weighted by Gasteiger charge is 2.02. The molecule has 1 rings (SSSR count). The molecule has 1 aromatic carbocycles. The van der Waals surface area contributed by atoms with Crippen LogP contribution in [0.15, 0.2) is 24.3 Å². The van der Waals surface area contributed by atoms with E-state index in [-0.39, 0.29) is 5.69 Å². The molecule has 0 radical (unpaired) electrons. The second-order valence-electron chi connectivity index (χ2n) is 1.74. The van der Waals surface area contributed by atoms with Gasteiger partial charge in [0.15, 0.2) is 0 Å². The second-order valence-corrected chi connectivity index (χ2v) is 2.17. The number of hydrogen-bond donors (Lipinski definition) is 0. The van der Waals surface area contributed by atoms with E-state index in [9.17, 15) is 10.1 Å². The smallest absolute Gasteiger partial charge is 0.270 e. The molecule has 0 heterocycles. The van der Waals surface area contributed by atoms with Crippen LogP contribution in [0.3, 0.4) is 0 Å². The third-order valence-electron chi connectivity index (χ3n) is 1.02. The molecule has 0 amide bonds. The monoisotopic (exact) mass is 187 g/mol. The largest absolute Gasteiger partial charge is 0.307 e. The van der Waals surface area contributed by atoms with Crippen molar-refractivity contribution in [1.29, 1.82) is 0 Å². The molecule has 0 aliphatic carbocycles. The zero-order chi connectivity index (χ0) is 9.56. The first-order chi connectivity index (χ1) is 5.70. The molecule has 0 fully saturated rings. The average Bonchev–Trinajstić information content (AvgIpc) is 2.08. The Kier molecular flexibility index (Phi) is 4.64. The van der Waals surface area contributed by atoms with Crippen molar-refractivity contribution in [3.8, 4) is 0 Å². The second kappa shape index (κ2) is 5.26. The van der Waals surface area contributed by atoms with Gasteiger partial charge in [-0.1, -0.05) is 17.7 Å². The molecule has 0 aliphatic rings. The molecule has 0 spiro atoms. The summed E-state index contributed by atoms with van der Waals surface area (Å²) in [6.45, 7) is 2.00. The van der Waals surface area contributed by atoms with E-state index in [1.54, 1.807) is 12.1 Å².